The number of thioether (sulfide) groups is 1. The SMILES string of the molecule is CC(=O)[C@@H](Sc1nc2c(cnn2CCO)c(=O)[nH]1)C(=O)N(C)C. The lowest BCUT2D eigenvalue weighted by Crippen LogP contribution is -2.36. The highest BCUT2D eigenvalue weighted by Crippen LogP contribution is 2.22. The van der Waals surface area contributed by atoms with Crippen molar-refractivity contribution >= 4 is 34.5 Å². The Balaban J connectivity index is 2.42. The van der Waals surface area contributed by atoms with Gasteiger partial charge in [0.1, 0.15) is 10.6 Å². The minimum absolute atomic E-state index is 0.150. The molecule has 1 atom stereocenters. The summed E-state index contributed by atoms with van der Waals surface area (Å²) in [7, 11) is 3.10. The molecule has 124 valence electrons. The summed E-state index contributed by atoms with van der Waals surface area (Å²) in [6, 6.07) is 0. The van der Waals surface area contributed by atoms with Gasteiger partial charge in [-0.15, -0.1) is 0 Å². The number of hydrogen-bond acceptors (Lipinski definition) is 7. The summed E-state index contributed by atoms with van der Waals surface area (Å²) in [4.78, 5) is 44.0. The minimum Gasteiger partial charge on any atom is -0.394 e. The third-order valence-corrected chi connectivity index (χ3v) is 4.25. The number of rotatable bonds is 6. The van der Waals surface area contributed by atoms with Gasteiger partial charge < -0.3 is 15.0 Å². The number of carbonyl (C=O) groups is 2. The fraction of sp³-hybridized carbons (Fsp3) is 0.462. The Morgan fingerprint density at radius 3 is 2.74 bits per heavy atom. The Morgan fingerprint density at radius 1 is 1.48 bits per heavy atom. The van der Waals surface area contributed by atoms with Crippen LogP contribution in [0.2, 0.25) is 0 Å². The van der Waals surface area contributed by atoms with Gasteiger partial charge >= 0.3 is 0 Å². The van der Waals surface area contributed by atoms with Gasteiger partial charge in [-0.2, -0.15) is 5.10 Å². The van der Waals surface area contributed by atoms with Crippen LogP contribution >= 0.6 is 11.8 Å². The van der Waals surface area contributed by atoms with E-state index >= 15 is 0 Å². The average molecular weight is 339 g/mol. The van der Waals surface area contributed by atoms with Crippen LogP contribution in [0.15, 0.2) is 16.1 Å². The van der Waals surface area contributed by atoms with E-state index in [0.717, 1.165) is 11.8 Å². The zero-order chi connectivity index (χ0) is 17.1. The van der Waals surface area contributed by atoms with Crippen LogP contribution in [0.1, 0.15) is 6.92 Å². The van der Waals surface area contributed by atoms with Crippen LogP contribution in [-0.2, 0) is 16.1 Å². The maximum atomic E-state index is 12.1. The number of amides is 1. The highest BCUT2D eigenvalue weighted by molar-refractivity contribution is 8.01. The summed E-state index contributed by atoms with van der Waals surface area (Å²) in [5.74, 6) is -0.713. The Kier molecular flexibility index (Phi) is 5.16. The van der Waals surface area contributed by atoms with E-state index in [-0.39, 0.29) is 35.4 Å². The van der Waals surface area contributed by atoms with Gasteiger partial charge in [-0.1, -0.05) is 11.8 Å². The molecule has 2 rings (SSSR count). The molecule has 10 heteroatoms. The number of ketones is 1. The number of nitrogens with zero attached hydrogens (tertiary/aromatic N) is 4. The molecule has 2 aromatic heterocycles. The highest BCUT2D eigenvalue weighted by atomic mass is 32.2. The number of aromatic amines is 1. The van der Waals surface area contributed by atoms with E-state index in [0.29, 0.717) is 5.65 Å². The number of aromatic nitrogens is 4. The van der Waals surface area contributed by atoms with Crippen molar-refractivity contribution < 1.29 is 14.7 Å². The van der Waals surface area contributed by atoms with Crippen LogP contribution in [0.4, 0.5) is 0 Å². The first-order valence-electron chi connectivity index (χ1n) is 6.80. The van der Waals surface area contributed by atoms with E-state index in [1.54, 1.807) is 14.1 Å². The molecule has 1 amide bonds. The Labute approximate surface area is 135 Å². The molecule has 9 nitrogen and oxygen atoms in total. The van der Waals surface area contributed by atoms with Crippen LogP contribution < -0.4 is 5.56 Å². The van der Waals surface area contributed by atoms with Crippen LogP contribution in [-0.4, -0.2) is 67.4 Å². The van der Waals surface area contributed by atoms with Gasteiger partial charge in [-0.3, -0.25) is 14.4 Å². The van der Waals surface area contributed by atoms with Gasteiger partial charge in [-0.25, -0.2) is 9.67 Å². The monoisotopic (exact) mass is 339 g/mol. The Morgan fingerprint density at radius 2 is 2.17 bits per heavy atom. The highest BCUT2D eigenvalue weighted by Gasteiger charge is 2.27. The number of aliphatic hydroxyl groups is 1. The molecule has 0 spiro atoms. The maximum absolute atomic E-state index is 12.1. The number of H-pyrrole nitrogens is 1. The first kappa shape index (κ1) is 17.2. The maximum Gasteiger partial charge on any atom is 0.262 e. The third kappa shape index (κ3) is 3.59. The normalized spacial score (nSPS) is 12.3. The van der Waals surface area contributed by atoms with Crippen LogP contribution in [0.25, 0.3) is 11.0 Å². The summed E-state index contributed by atoms with van der Waals surface area (Å²) in [5.41, 5.74) is -0.119. The minimum atomic E-state index is -0.986. The molecule has 23 heavy (non-hydrogen) atoms. The number of fused-ring (bicyclic) bond motifs is 1. The van der Waals surface area contributed by atoms with Crippen molar-refractivity contribution in [1.29, 1.82) is 0 Å². The molecule has 2 aromatic rings. The topological polar surface area (TPSA) is 121 Å². The van der Waals surface area contributed by atoms with Gasteiger partial charge in [0.15, 0.2) is 16.6 Å². The van der Waals surface area contributed by atoms with Crippen molar-refractivity contribution in [3.8, 4) is 0 Å². The predicted molar refractivity (Wildman–Crippen MR) is 84.3 cm³/mol. The molecule has 0 saturated heterocycles. The van der Waals surface area contributed by atoms with Gasteiger partial charge in [0.25, 0.3) is 5.56 Å². The third-order valence-electron chi connectivity index (χ3n) is 3.06. The second-order valence-corrected chi connectivity index (χ2v) is 6.13. The van der Waals surface area contributed by atoms with Crippen molar-refractivity contribution in [2.24, 2.45) is 0 Å². The largest absolute Gasteiger partial charge is 0.394 e. The van der Waals surface area contributed by atoms with Crippen molar-refractivity contribution in [2.75, 3.05) is 20.7 Å². The van der Waals surface area contributed by atoms with E-state index in [1.165, 1.54) is 22.7 Å². The van der Waals surface area contributed by atoms with Crippen molar-refractivity contribution in [3.05, 3.63) is 16.6 Å². The molecule has 0 fully saturated rings. The lowest BCUT2D eigenvalue weighted by Gasteiger charge is -2.17. The lowest BCUT2D eigenvalue weighted by molar-refractivity contribution is -0.132. The molecule has 0 aromatic carbocycles. The van der Waals surface area contributed by atoms with E-state index in [9.17, 15) is 14.4 Å². The van der Waals surface area contributed by atoms with E-state index in [4.69, 9.17) is 5.11 Å². The molecule has 0 radical (unpaired) electrons. The molecule has 0 aliphatic rings. The van der Waals surface area contributed by atoms with E-state index < -0.39 is 10.8 Å². The molecule has 0 aliphatic heterocycles. The van der Waals surface area contributed by atoms with Crippen LogP contribution in [0.3, 0.4) is 0 Å². The lowest BCUT2D eigenvalue weighted by atomic mass is 10.3. The standard InChI is InChI=1S/C13H17N5O4S/c1-7(20)9(12(22)17(2)3)23-13-15-10-8(11(21)16-13)6-14-18(10)4-5-19/h6,9,19H,4-5H2,1-3H3,(H,15,16,21)/t9-/m1/s1. The first-order chi connectivity index (χ1) is 10.8. The zero-order valence-corrected chi connectivity index (χ0v) is 13.8. The molecule has 0 unspecified atom stereocenters. The van der Waals surface area contributed by atoms with E-state index in [1.807, 2.05) is 0 Å². The van der Waals surface area contributed by atoms with Crippen LogP contribution in [0, 0.1) is 0 Å². The predicted octanol–water partition coefficient (Wildman–Crippen LogP) is -0.750. The summed E-state index contributed by atoms with van der Waals surface area (Å²) in [6.07, 6.45) is 1.36. The van der Waals surface area contributed by atoms with Gasteiger partial charge in [0.2, 0.25) is 5.91 Å². The molecule has 2 N–H and O–H groups in total. The number of Topliss-reactive ketones (excluding diaryl/α,β-unsaturated/α-hetero) is 1. The van der Waals surface area contributed by atoms with Crippen molar-refractivity contribution in [1.82, 2.24) is 24.6 Å². The molecule has 0 saturated carbocycles. The smallest absolute Gasteiger partial charge is 0.262 e. The zero-order valence-electron chi connectivity index (χ0n) is 12.9. The second kappa shape index (κ2) is 6.92. The molecular weight excluding hydrogens is 322 g/mol. The molecule has 0 aliphatic carbocycles. The Hall–Kier alpha value is -2.20. The number of carbonyl (C=O) groups excluding carboxylic acids is 2. The van der Waals surface area contributed by atoms with Gasteiger partial charge in [0, 0.05) is 14.1 Å². The second-order valence-electron chi connectivity index (χ2n) is 5.04. The summed E-state index contributed by atoms with van der Waals surface area (Å²) in [6.45, 7) is 1.35. The first-order valence-corrected chi connectivity index (χ1v) is 7.68. The molecular formula is C13H17N5O4S. The Bertz CT molecular complexity index is 797. The number of aliphatic hydroxyl groups excluding tert-OH is 1. The van der Waals surface area contributed by atoms with Crippen LogP contribution in [0.5, 0.6) is 0 Å². The summed E-state index contributed by atoms with van der Waals surface area (Å²) < 4.78 is 1.39. The molecule has 2 heterocycles. The average Bonchev–Trinajstić information content (AvgIpc) is 2.88. The quantitative estimate of drug-likeness (QED) is 0.403. The van der Waals surface area contributed by atoms with Crippen molar-refractivity contribution in [3.63, 3.8) is 0 Å². The van der Waals surface area contributed by atoms with E-state index in [2.05, 4.69) is 15.1 Å². The fourth-order valence-electron chi connectivity index (χ4n) is 1.91. The van der Waals surface area contributed by atoms with Gasteiger partial charge in [-0.05, 0) is 6.92 Å². The summed E-state index contributed by atoms with van der Waals surface area (Å²) >= 11 is 0.881. The fourth-order valence-corrected chi connectivity index (χ4v) is 2.90. The summed E-state index contributed by atoms with van der Waals surface area (Å²) in [5, 5.41) is 12.4. The number of nitrogens with one attached hydrogen (secondary N) is 1. The number of hydrogen-bond donors (Lipinski definition) is 2. The molecule has 0 bridgehead atoms. The van der Waals surface area contributed by atoms with Gasteiger partial charge in [0.05, 0.1) is 19.3 Å². The van der Waals surface area contributed by atoms with Crippen molar-refractivity contribution in [2.45, 2.75) is 23.9 Å².